The Balaban J connectivity index is 2.61. The number of hydrogen-bond donors (Lipinski definition) is 2. The second kappa shape index (κ2) is 4.94. The van der Waals surface area contributed by atoms with Crippen molar-refractivity contribution in [1.29, 1.82) is 0 Å². The molecule has 2 N–H and O–H groups in total. The number of hydrogen-bond acceptors (Lipinski definition) is 3. The monoisotopic (exact) mass is 243 g/mol. The molecule has 1 fully saturated rings. The number of carbonyl (C=O) groups is 2. The Labute approximate surface area is 102 Å². The lowest BCUT2D eigenvalue weighted by Gasteiger charge is -2.30. The second-order valence-corrected chi connectivity index (χ2v) is 5.68. The number of carboxylic acid groups (broad SMARTS) is 1. The van der Waals surface area contributed by atoms with Crippen LogP contribution in [0, 0.1) is 0 Å². The van der Waals surface area contributed by atoms with E-state index in [0.29, 0.717) is 12.8 Å². The summed E-state index contributed by atoms with van der Waals surface area (Å²) in [4.78, 5) is 22.5. The van der Waals surface area contributed by atoms with Crippen LogP contribution in [0.15, 0.2) is 0 Å². The van der Waals surface area contributed by atoms with Crippen LogP contribution in [0.3, 0.4) is 0 Å². The zero-order chi connectivity index (χ0) is 13.1. The van der Waals surface area contributed by atoms with Gasteiger partial charge < -0.3 is 15.2 Å². The third-order valence-electron chi connectivity index (χ3n) is 2.82. The average molecular weight is 243 g/mol. The summed E-state index contributed by atoms with van der Waals surface area (Å²) in [5, 5.41) is 11.6. The molecule has 5 heteroatoms. The van der Waals surface area contributed by atoms with Gasteiger partial charge in [0.15, 0.2) is 0 Å². The fourth-order valence-electron chi connectivity index (χ4n) is 2.21. The van der Waals surface area contributed by atoms with E-state index in [1.165, 1.54) is 0 Å². The van der Waals surface area contributed by atoms with Crippen LogP contribution in [-0.2, 0) is 9.53 Å². The molecule has 0 spiro atoms. The highest BCUT2D eigenvalue weighted by atomic mass is 16.6. The number of amides is 1. The molecule has 0 aliphatic heterocycles. The smallest absolute Gasteiger partial charge is 0.408 e. The summed E-state index contributed by atoms with van der Waals surface area (Å²) in [7, 11) is 0. The van der Waals surface area contributed by atoms with E-state index in [9.17, 15) is 9.59 Å². The summed E-state index contributed by atoms with van der Waals surface area (Å²) in [6.07, 6.45) is 2.75. The first-order valence-electron chi connectivity index (χ1n) is 5.95. The Kier molecular flexibility index (Phi) is 4.01. The summed E-state index contributed by atoms with van der Waals surface area (Å²) in [6.45, 7) is 5.35. The molecule has 17 heavy (non-hydrogen) atoms. The fourth-order valence-corrected chi connectivity index (χ4v) is 2.21. The van der Waals surface area contributed by atoms with Gasteiger partial charge in [-0.05, 0) is 33.6 Å². The molecule has 1 aliphatic carbocycles. The molecule has 1 amide bonds. The van der Waals surface area contributed by atoms with Gasteiger partial charge in [-0.15, -0.1) is 0 Å². The highest BCUT2D eigenvalue weighted by molar-refractivity contribution is 5.73. The van der Waals surface area contributed by atoms with E-state index in [1.807, 2.05) is 0 Å². The first-order valence-corrected chi connectivity index (χ1v) is 5.95. The van der Waals surface area contributed by atoms with E-state index >= 15 is 0 Å². The van der Waals surface area contributed by atoms with E-state index in [0.717, 1.165) is 12.8 Å². The highest BCUT2D eigenvalue weighted by Crippen LogP contribution is 2.32. The molecule has 0 aromatic heterocycles. The largest absolute Gasteiger partial charge is 0.481 e. The lowest BCUT2D eigenvalue weighted by atomic mass is 9.93. The molecule has 0 unspecified atom stereocenters. The van der Waals surface area contributed by atoms with Crippen molar-refractivity contribution in [2.24, 2.45) is 0 Å². The minimum absolute atomic E-state index is 0.0355. The number of carbonyl (C=O) groups excluding carboxylic acids is 1. The molecule has 0 radical (unpaired) electrons. The van der Waals surface area contributed by atoms with E-state index in [2.05, 4.69) is 5.32 Å². The average Bonchev–Trinajstić information content (AvgIpc) is 2.47. The molecule has 0 aromatic carbocycles. The summed E-state index contributed by atoms with van der Waals surface area (Å²) in [6, 6.07) is 0. The molecule has 5 nitrogen and oxygen atoms in total. The first-order chi connectivity index (χ1) is 7.72. The molecule has 0 bridgehead atoms. The fraction of sp³-hybridized carbons (Fsp3) is 0.833. The molecule has 0 atom stereocenters. The van der Waals surface area contributed by atoms with Crippen LogP contribution < -0.4 is 5.32 Å². The van der Waals surface area contributed by atoms with Crippen molar-refractivity contribution in [3.05, 3.63) is 0 Å². The van der Waals surface area contributed by atoms with Crippen molar-refractivity contribution in [1.82, 2.24) is 5.32 Å². The van der Waals surface area contributed by atoms with Crippen molar-refractivity contribution < 1.29 is 19.4 Å². The number of alkyl carbamates (subject to hydrolysis) is 1. The molecule has 0 heterocycles. The number of rotatable bonds is 3. The molecule has 0 saturated heterocycles. The van der Waals surface area contributed by atoms with Crippen LogP contribution in [0.1, 0.15) is 52.9 Å². The van der Waals surface area contributed by atoms with Gasteiger partial charge >= 0.3 is 12.1 Å². The lowest BCUT2D eigenvalue weighted by molar-refractivity contribution is -0.138. The Morgan fingerprint density at radius 1 is 1.29 bits per heavy atom. The lowest BCUT2D eigenvalue weighted by Crippen LogP contribution is -2.49. The number of nitrogens with one attached hydrogen (secondary N) is 1. The van der Waals surface area contributed by atoms with Crippen LogP contribution in [0.25, 0.3) is 0 Å². The normalized spacial score (nSPS) is 18.8. The topological polar surface area (TPSA) is 75.6 Å². The van der Waals surface area contributed by atoms with Crippen molar-refractivity contribution in [2.75, 3.05) is 0 Å². The molecule has 1 saturated carbocycles. The van der Waals surface area contributed by atoms with Crippen molar-refractivity contribution >= 4 is 12.1 Å². The zero-order valence-corrected chi connectivity index (χ0v) is 10.7. The molecule has 98 valence electrons. The van der Waals surface area contributed by atoms with Crippen LogP contribution in [0.5, 0.6) is 0 Å². The summed E-state index contributed by atoms with van der Waals surface area (Å²) < 4.78 is 5.16. The zero-order valence-electron chi connectivity index (χ0n) is 10.7. The summed E-state index contributed by atoms with van der Waals surface area (Å²) in [5.41, 5.74) is -1.18. The van der Waals surface area contributed by atoms with Gasteiger partial charge in [0.1, 0.15) is 5.60 Å². The van der Waals surface area contributed by atoms with Crippen molar-refractivity contribution in [2.45, 2.75) is 64.0 Å². The highest BCUT2D eigenvalue weighted by Gasteiger charge is 2.38. The van der Waals surface area contributed by atoms with E-state index in [1.54, 1.807) is 20.8 Å². The number of ether oxygens (including phenoxy) is 1. The minimum Gasteiger partial charge on any atom is -0.481 e. The number of carboxylic acids is 1. The van der Waals surface area contributed by atoms with Gasteiger partial charge in [0.25, 0.3) is 0 Å². The van der Waals surface area contributed by atoms with Gasteiger partial charge in [0, 0.05) is 0 Å². The predicted molar refractivity (Wildman–Crippen MR) is 62.8 cm³/mol. The maximum atomic E-state index is 11.7. The maximum absolute atomic E-state index is 11.7. The van der Waals surface area contributed by atoms with E-state index in [4.69, 9.17) is 9.84 Å². The molecule has 0 aromatic rings. The van der Waals surface area contributed by atoms with Crippen LogP contribution in [-0.4, -0.2) is 28.3 Å². The Morgan fingerprint density at radius 3 is 2.24 bits per heavy atom. The van der Waals surface area contributed by atoms with Gasteiger partial charge in [0.05, 0.1) is 12.0 Å². The Morgan fingerprint density at radius 2 is 1.82 bits per heavy atom. The molecule has 1 aliphatic rings. The molecular weight excluding hydrogens is 222 g/mol. The molecule has 1 rings (SSSR count). The second-order valence-electron chi connectivity index (χ2n) is 5.68. The van der Waals surface area contributed by atoms with Gasteiger partial charge in [-0.25, -0.2) is 4.79 Å². The Hall–Kier alpha value is -1.26. The van der Waals surface area contributed by atoms with E-state index < -0.39 is 23.2 Å². The first kappa shape index (κ1) is 13.8. The summed E-state index contributed by atoms with van der Waals surface area (Å²) in [5.74, 6) is -0.886. The quantitative estimate of drug-likeness (QED) is 0.797. The minimum atomic E-state index is -0.886. The SMILES string of the molecule is CC(C)(C)OC(=O)NC1(CC(=O)O)CCCC1. The van der Waals surface area contributed by atoms with Crippen molar-refractivity contribution in [3.8, 4) is 0 Å². The standard InChI is InChI=1S/C12H21NO4/c1-11(2,3)17-10(16)13-12(8-9(14)15)6-4-5-7-12/h4-8H2,1-3H3,(H,13,16)(H,14,15). The molecular formula is C12H21NO4. The third-order valence-corrected chi connectivity index (χ3v) is 2.82. The van der Waals surface area contributed by atoms with E-state index in [-0.39, 0.29) is 6.42 Å². The van der Waals surface area contributed by atoms with Gasteiger partial charge in [0.2, 0.25) is 0 Å². The van der Waals surface area contributed by atoms with Crippen LogP contribution in [0.4, 0.5) is 4.79 Å². The van der Waals surface area contributed by atoms with Gasteiger partial charge in [-0.2, -0.15) is 0 Å². The Bertz CT molecular complexity index is 300. The van der Waals surface area contributed by atoms with Crippen molar-refractivity contribution in [3.63, 3.8) is 0 Å². The van der Waals surface area contributed by atoms with Crippen LogP contribution >= 0.6 is 0 Å². The number of aliphatic carboxylic acids is 1. The predicted octanol–water partition coefficient (Wildman–Crippen LogP) is 2.30. The maximum Gasteiger partial charge on any atom is 0.408 e. The third kappa shape index (κ3) is 4.63. The van der Waals surface area contributed by atoms with Gasteiger partial charge in [-0.1, -0.05) is 12.8 Å². The summed E-state index contributed by atoms with van der Waals surface area (Å²) >= 11 is 0. The van der Waals surface area contributed by atoms with Gasteiger partial charge in [-0.3, -0.25) is 4.79 Å². The van der Waals surface area contributed by atoms with Crippen LogP contribution in [0.2, 0.25) is 0 Å².